The van der Waals surface area contributed by atoms with Crippen LogP contribution in [-0.4, -0.2) is 42.2 Å². The van der Waals surface area contributed by atoms with Gasteiger partial charge in [0.25, 0.3) is 10.0 Å². The molecule has 214 valence electrons. The van der Waals surface area contributed by atoms with Crippen molar-refractivity contribution in [2.75, 3.05) is 32.2 Å². The van der Waals surface area contributed by atoms with Gasteiger partial charge in [-0.05, 0) is 79.1 Å². The molecule has 8 nitrogen and oxygen atoms in total. The first-order chi connectivity index (χ1) is 19.2. The average molecular weight is 587 g/mol. The minimum atomic E-state index is -4.28. The van der Waals surface area contributed by atoms with Gasteiger partial charge in [0.2, 0.25) is 5.91 Å². The maximum atomic E-state index is 14.1. The minimum Gasteiger partial charge on any atom is -0.495 e. The van der Waals surface area contributed by atoms with Crippen LogP contribution in [0.3, 0.4) is 0 Å². The van der Waals surface area contributed by atoms with Crippen LogP contribution in [0.5, 0.6) is 17.2 Å². The molecule has 1 atom stereocenters. The summed E-state index contributed by atoms with van der Waals surface area (Å²) in [6.45, 7) is 1.50. The summed E-state index contributed by atoms with van der Waals surface area (Å²) >= 11 is 6.27. The molecule has 0 saturated carbocycles. The molecule has 0 radical (unpaired) electrons. The zero-order valence-electron chi connectivity index (χ0n) is 23.2. The van der Waals surface area contributed by atoms with E-state index in [0.717, 1.165) is 29.1 Å². The number of ether oxygens (including phenoxy) is 3. The molecule has 1 amide bonds. The van der Waals surface area contributed by atoms with Crippen LogP contribution >= 0.6 is 11.6 Å². The van der Waals surface area contributed by atoms with Crippen molar-refractivity contribution in [2.24, 2.45) is 0 Å². The number of carbonyl (C=O) groups is 1. The van der Waals surface area contributed by atoms with Gasteiger partial charge in [0.1, 0.15) is 12.3 Å². The molecule has 0 fully saturated rings. The van der Waals surface area contributed by atoms with Crippen LogP contribution in [0.1, 0.15) is 48.9 Å². The number of nitrogens with one attached hydrogen (secondary N) is 1. The van der Waals surface area contributed by atoms with E-state index in [2.05, 4.69) is 23.5 Å². The molecule has 0 saturated heterocycles. The van der Waals surface area contributed by atoms with Crippen LogP contribution < -0.4 is 23.8 Å². The summed E-state index contributed by atoms with van der Waals surface area (Å²) in [5.74, 6) is 0.407. The Morgan fingerprint density at radius 2 is 1.57 bits per heavy atom. The normalized spacial score (nSPS) is 13.6. The highest BCUT2D eigenvalue weighted by atomic mass is 35.5. The van der Waals surface area contributed by atoms with Gasteiger partial charge in [-0.2, -0.15) is 0 Å². The summed E-state index contributed by atoms with van der Waals surface area (Å²) in [4.78, 5) is 13.4. The maximum Gasteiger partial charge on any atom is 0.265 e. The molecule has 4 rings (SSSR count). The number of fused-ring (bicyclic) bond motifs is 1. The van der Waals surface area contributed by atoms with E-state index in [4.69, 9.17) is 25.8 Å². The number of methoxy groups -OCH3 is 3. The second-order valence-corrected chi connectivity index (χ2v) is 11.9. The minimum absolute atomic E-state index is 0.0818. The van der Waals surface area contributed by atoms with Crippen molar-refractivity contribution in [3.63, 3.8) is 0 Å². The summed E-state index contributed by atoms with van der Waals surface area (Å²) in [7, 11) is 0.0369. The van der Waals surface area contributed by atoms with Gasteiger partial charge in [-0.1, -0.05) is 36.7 Å². The molecule has 0 aromatic heterocycles. The molecule has 0 unspecified atom stereocenters. The van der Waals surface area contributed by atoms with Crippen LogP contribution in [0, 0.1) is 0 Å². The fourth-order valence-electron chi connectivity index (χ4n) is 5.02. The molecule has 3 aromatic rings. The Balaban J connectivity index is 1.69. The Morgan fingerprint density at radius 1 is 0.900 bits per heavy atom. The number of anilines is 1. The van der Waals surface area contributed by atoms with Gasteiger partial charge in [-0.3, -0.25) is 9.10 Å². The third-order valence-electron chi connectivity index (χ3n) is 7.16. The van der Waals surface area contributed by atoms with Crippen molar-refractivity contribution in [3.8, 4) is 17.2 Å². The number of sulfonamides is 1. The lowest BCUT2D eigenvalue weighted by Crippen LogP contribution is -2.42. The van der Waals surface area contributed by atoms with Gasteiger partial charge >= 0.3 is 0 Å². The fraction of sp³-hybridized carbons (Fsp3) is 0.367. The molecule has 10 heteroatoms. The number of carbonyl (C=O) groups excluding carboxylic acids is 1. The van der Waals surface area contributed by atoms with Crippen molar-refractivity contribution in [1.29, 1.82) is 0 Å². The van der Waals surface area contributed by atoms with E-state index in [0.29, 0.717) is 17.2 Å². The van der Waals surface area contributed by atoms with Crippen LogP contribution in [0.25, 0.3) is 0 Å². The first-order valence-corrected chi connectivity index (χ1v) is 15.0. The number of hydrogen-bond acceptors (Lipinski definition) is 6. The third-order valence-corrected chi connectivity index (χ3v) is 9.15. The quantitative estimate of drug-likeness (QED) is 0.309. The first-order valence-electron chi connectivity index (χ1n) is 13.2. The number of nitrogens with zero attached hydrogens (tertiary/aromatic N) is 1. The monoisotopic (exact) mass is 586 g/mol. The average Bonchev–Trinajstić information content (AvgIpc) is 2.97. The Labute approximate surface area is 241 Å². The van der Waals surface area contributed by atoms with E-state index in [9.17, 15) is 13.2 Å². The molecule has 1 aliphatic carbocycles. The van der Waals surface area contributed by atoms with Gasteiger partial charge in [-0.25, -0.2) is 8.42 Å². The number of hydrogen-bond donors (Lipinski definition) is 1. The van der Waals surface area contributed by atoms with Crippen LogP contribution in [0.4, 0.5) is 5.69 Å². The van der Waals surface area contributed by atoms with E-state index < -0.39 is 22.5 Å². The van der Waals surface area contributed by atoms with E-state index >= 15 is 0 Å². The predicted octanol–water partition coefficient (Wildman–Crippen LogP) is 5.71. The standard InChI is InChI=1S/C30H35ClN2O6S/c1-5-25(22-11-10-20-8-6-7-9-21(20)16-22)32-30(34)19-33(26-17-23(31)12-14-27(26)37-2)40(35,36)24-13-15-28(38-3)29(18-24)39-4/h10-18,25H,5-9,19H2,1-4H3,(H,32,34)/t25-/m0/s1. The smallest absolute Gasteiger partial charge is 0.265 e. The molecule has 0 bridgehead atoms. The summed E-state index contributed by atoms with van der Waals surface area (Å²) < 4.78 is 45.2. The highest BCUT2D eigenvalue weighted by molar-refractivity contribution is 7.92. The fourth-order valence-corrected chi connectivity index (χ4v) is 6.63. The Bertz CT molecular complexity index is 1480. The Kier molecular flexibility index (Phi) is 9.48. The van der Waals surface area contributed by atoms with E-state index in [1.807, 2.05) is 6.92 Å². The van der Waals surface area contributed by atoms with Crippen molar-refractivity contribution >= 4 is 33.2 Å². The van der Waals surface area contributed by atoms with E-state index in [1.54, 1.807) is 12.1 Å². The number of amides is 1. The number of halogens is 1. The molecule has 3 aromatic carbocycles. The van der Waals surface area contributed by atoms with Crippen molar-refractivity contribution < 1.29 is 27.4 Å². The van der Waals surface area contributed by atoms with Gasteiger partial charge in [0.05, 0.1) is 38.0 Å². The first kappa shape index (κ1) is 29.6. The largest absolute Gasteiger partial charge is 0.495 e. The molecule has 40 heavy (non-hydrogen) atoms. The Morgan fingerprint density at radius 3 is 2.25 bits per heavy atom. The molecule has 1 aliphatic rings. The van der Waals surface area contributed by atoms with Gasteiger partial charge < -0.3 is 19.5 Å². The lowest BCUT2D eigenvalue weighted by Gasteiger charge is -2.27. The lowest BCUT2D eigenvalue weighted by atomic mass is 9.89. The highest BCUT2D eigenvalue weighted by Gasteiger charge is 2.31. The summed E-state index contributed by atoms with van der Waals surface area (Å²) in [5.41, 5.74) is 3.82. The number of aryl methyl sites for hydroxylation is 2. The third kappa shape index (κ3) is 6.31. The maximum absolute atomic E-state index is 14.1. The summed E-state index contributed by atoms with van der Waals surface area (Å²) in [6, 6.07) is 15.0. The predicted molar refractivity (Wildman–Crippen MR) is 156 cm³/mol. The second-order valence-electron chi connectivity index (χ2n) is 9.61. The number of rotatable bonds is 11. The topological polar surface area (TPSA) is 94.2 Å². The SMILES string of the molecule is CC[C@H](NC(=O)CN(c1cc(Cl)ccc1OC)S(=O)(=O)c1ccc(OC)c(OC)c1)c1ccc2c(c1)CCCC2. The highest BCUT2D eigenvalue weighted by Crippen LogP contribution is 2.37. The van der Waals surface area contributed by atoms with E-state index in [1.165, 1.54) is 63.1 Å². The molecule has 0 spiro atoms. The zero-order chi connectivity index (χ0) is 28.9. The van der Waals surface area contributed by atoms with Gasteiger partial charge in [0, 0.05) is 11.1 Å². The lowest BCUT2D eigenvalue weighted by molar-refractivity contribution is -0.120. The van der Waals surface area contributed by atoms with Crippen LogP contribution in [-0.2, 0) is 27.7 Å². The summed E-state index contributed by atoms with van der Waals surface area (Å²) in [5, 5.41) is 3.34. The van der Waals surface area contributed by atoms with Gasteiger partial charge in [0.15, 0.2) is 11.5 Å². The molecule has 1 N–H and O–H groups in total. The van der Waals surface area contributed by atoms with Crippen LogP contribution in [0.15, 0.2) is 59.5 Å². The molecular formula is C30H35ClN2O6S. The summed E-state index contributed by atoms with van der Waals surface area (Å²) in [6.07, 6.45) is 5.10. The van der Waals surface area contributed by atoms with Crippen molar-refractivity contribution in [3.05, 3.63) is 76.3 Å². The molecule has 0 aliphatic heterocycles. The molecule has 0 heterocycles. The zero-order valence-corrected chi connectivity index (χ0v) is 24.8. The Hall–Kier alpha value is -3.43. The second kappa shape index (κ2) is 12.8. The number of benzene rings is 3. The van der Waals surface area contributed by atoms with E-state index in [-0.39, 0.29) is 28.1 Å². The van der Waals surface area contributed by atoms with Crippen molar-refractivity contribution in [1.82, 2.24) is 5.32 Å². The van der Waals surface area contributed by atoms with Gasteiger partial charge in [-0.15, -0.1) is 0 Å². The van der Waals surface area contributed by atoms with Crippen LogP contribution in [0.2, 0.25) is 5.02 Å². The molecular weight excluding hydrogens is 552 g/mol. The van der Waals surface area contributed by atoms with Crippen molar-refractivity contribution in [2.45, 2.75) is 50.0 Å².